The molecule has 0 aromatic heterocycles. The van der Waals surface area contributed by atoms with Crippen LogP contribution in [0, 0.1) is 11.3 Å². The quantitative estimate of drug-likeness (QED) is 0.850. The van der Waals surface area contributed by atoms with Crippen LogP contribution in [-0.4, -0.2) is 6.03 Å². The maximum Gasteiger partial charge on any atom is 0.417 e. The summed E-state index contributed by atoms with van der Waals surface area (Å²) in [7, 11) is 0. The van der Waals surface area contributed by atoms with E-state index in [0.717, 1.165) is 12.1 Å². The molecule has 2 N–H and O–H groups in total. The number of nitrogens with one attached hydrogen (secondary N) is 2. The Bertz CT molecular complexity index is 783. The molecular weight excluding hydrogens is 343 g/mol. The molecular formula is C16H11ClF3N3O. The lowest BCUT2D eigenvalue weighted by Crippen LogP contribution is -2.28. The van der Waals surface area contributed by atoms with E-state index in [4.69, 9.17) is 16.9 Å². The summed E-state index contributed by atoms with van der Waals surface area (Å²) in [5.74, 6) is 0. The molecule has 0 bridgehead atoms. The van der Waals surface area contributed by atoms with Crippen LogP contribution in [0.4, 0.5) is 23.7 Å². The highest BCUT2D eigenvalue weighted by molar-refractivity contribution is 6.31. The third-order valence-electron chi connectivity index (χ3n) is 3.06. The zero-order chi connectivity index (χ0) is 17.7. The van der Waals surface area contributed by atoms with Gasteiger partial charge in [0.1, 0.15) is 0 Å². The number of urea groups is 1. The molecule has 0 heterocycles. The van der Waals surface area contributed by atoms with Gasteiger partial charge < -0.3 is 10.6 Å². The molecule has 24 heavy (non-hydrogen) atoms. The van der Waals surface area contributed by atoms with Crippen molar-refractivity contribution >= 4 is 23.3 Å². The smallest absolute Gasteiger partial charge is 0.334 e. The van der Waals surface area contributed by atoms with Crippen molar-refractivity contribution in [3.63, 3.8) is 0 Å². The normalized spacial score (nSPS) is 10.8. The van der Waals surface area contributed by atoms with Crippen molar-refractivity contribution in [3.05, 3.63) is 64.2 Å². The molecule has 0 aliphatic heterocycles. The minimum Gasteiger partial charge on any atom is -0.334 e. The highest BCUT2D eigenvalue weighted by Gasteiger charge is 2.33. The maximum atomic E-state index is 12.8. The van der Waals surface area contributed by atoms with Gasteiger partial charge in [0.05, 0.1) is 22.2 Å². The number of alkyl halides is 3. The molecule has 0 saturated heterocycles. The second kappa shape index (κ2) is 7.23. The number of hydrogen-bond acceptors (Lipinski definition) is 2. The highest BCUT2D eigenvalue weighted by Crippen LogP contribution is 2.35. The second-order valence-corrected chi connectivity index (χ2v) is 5.22. The fourth-order valence-electron chi connectivity index (χ4n) is 1.89. The first kappa shape index (κ1) is 17.6. The Balaban J connectivity index is 1.97. The zero-order valence-electron chi connectivity index (χ0n) is 12.1. The Kier molecular flexibility index (Phi) is 5.31. The summed E-state index contributed by atoms with van der Waals surface area (Å²) in [6.45, 7) is -0.0949. The number of carbonyl (C=O) groups excluding carboxylic acids is 1. The van der Waals surface area contributed by atoms with E-state index in [-0.39, 0.29) is 12.1 Å². The lowest BCUT2D eigenvalue weighted by atomic mass is 10.1. The first-order chi connectivity index (χ1) is 11.3. The van der Waals surface area contributed by atoms with E-state index in [0.29, 0.717) is 11.3 Å². The Morgan fingerprint density at radius 1 is 1.17 bits per heavy atom. The first-order valence-corrected chi connectivity index (χ1v) is 7.08. The van der Waals surface area contributed by atoms with Crippen LogP contribution in [-0.2, 0) is 12.7 Å². The summed E-state index contributed by atoms with van der Waals surface area (Å²) in [5.41, 5.74) is 0.220. The predicted molar refractivity (Wildman–Crippen MR) is 83.5 cm³/mol. The summed E-state index contributed by atoms with van der Waals surface area (Å²) in [4.78, 5) is 11.8. The topological polar surface area (TPSA) is 64.9 Å². The van der Waals surface area contributed by atoms with E-state index in [1.54, 1.807) is 12.1 Å². The van der Waals surface area contributed by atoms with Gasteiger partial charge in [-0.2, -0.15) is 18.4 Å². The molecule has 8 heteroatoms. The zero-order valence-corrected chi connectivity index (χ0v) is 12.9. The molecule has 0 unspecified atom stereocenters. The van der Waals surface area contributed by atoms with Crippen LogP contribution in [0.15, 0.2) is 42.5 Å². The molecule has 0 atom stereocenters. The van der Waals surface area contributed by atoms with Gasteiger partial charge in [-0.3, -0.25) is 0 Å². The minimum atomic E-state index is -4.56. The number of halogens is 4. The lowest BCUT2D eigenvalue weighted by molar-refractivity contribution is -0.137. The number of amides is 2. The van der Waals surface area contributed by atoms with Crippen LogP contribution in [0.3, 0.4) is 0 Å². The Hall–Kier alpha value is -2.72. The SMILES string of the molecule is N#Cc1ccc(NC(=O)NCc2ccc(Cl)c(C(F)(F)F)c2)cc1. The van der Waals surface area contributed by atoms with Crippen LogP contribution < -0.4 is 10.6 Å². The van der Waals surface area contributed by atoms with Crippen LogP contribution in [0.1, 0.15) is 16.7 Å². The predicted octanol–water partition coefficient (Wildman–Crippen LogP) is 4.55. The number of anilines is 1. The molecule has 124 valence electrons. The molecule has 0 radical (unpaired) electrons. The van der Waals surface area contributed by atoms with E-state index in [9.17, 15) is 18.0 Å². The fraction of sp³-hybridized carbons (Fsp3) is 0.125. The third kappa shape index (κ3) is 4.64. The molecule has 4 nitrogen and oxygen atoms in total. The molecule has 2 aromatic rings. The molecule has 2 rings (SSSR count). The van der Waals surface area contributed by atoms with Crippen molar-refractivity contribution in [2.75, 3.05) is 5.32 Å². The van der Waals surface area contributed by atoms with Crippen molar-refractivity contribution in [2.24, 2.45) is 0 Å². The number of carbonyl (C=O) groups is 1. The van der Waals surface area contributed by atoms with Gasteiger partial charge in [-0.15, -0.1) is 0 Å². The van der Waals surface area contributed by atoms with E-state index >= 15 is 0 Å². The molecule has 2 aromatic carbocycles. The van der Waals surface area contributed by atoms with Gasteiger partial charge in [0.2, 0.25) is 0 Å². The van der Waals surface area contributed by atoms with Gasteiger partial charge >= 0.3 is 12.2 Å². The van der Waals surface area contributed by atoms with Gasteiger partial charge in [0.15, 0.2) is 0 Å². The van der Waals surface area contributed by atoms with Gasteiger partial charge in [0.25, 0.3) is 0 Å². The van der Waals surface area contributed by atoms with Gasteiger partial charge in [-0.05, 0) is 42.0 Å². The number of hydrogen-bond donors (Lipinski definition) is 2. The fourth-order valence-corrected chi connectivity index (χ4v) is 2.11. The maximum absolute atomic E-state index is 12.8. The van der Waals surface area contributed by atoms with Crippen LogP contribution in [0.25, 0.3) is 0 Å². The molecule has 0 fully saturated rings. The van der Waals surface area contributed by atoms with Crippen molar-refractivity contribution in [1.82, 2.24) is 5.32 Å². The minimum absolute atomic E-state index is 0.0949. The summed E-state index contributed by atoms with van der Waals surface area (Å²) >= 11 is 5.53. The molecule has 0 saturated carbocycles. The van der Waals surface area contributed by atoms with Crippen molar-refractivity contribution in [3.8, 4) is 6.07 Å². The highest BCUT2D eigenvalue weighted by atomic mass is 35.5. The van der Waals surface area contributed by atoms with E-state index in [1.807, 2.05) is 6.07 Å². The average Bonchev–Trinajstić information content (AvgIpc) is 2.53. The summed E-state index contributed by atoms with van der Waals surface area (Å²) < 4.78 is 38.3. The Morgan fingerprint density at radius 3 is 2.42 bits per heavy atom. The Morgan fingerprint density at radius 2 is 1.83 bits per heavy atom. The van der Waals surface area contributed by atoms with Gasteiger partial charge in [-0.1, -0.05) is 17.7 Å². The Labute approximate surface area is 140 Å². The third-order valence-corrected chi connectivity index (χ3v) is 3.39. The molecule has 0 aliphatic rings. The average molecular weight is 354 g/mol. The van der Waals surface area contributed by atoms with Crippen LogP contribution >= 0.6 is 11.6 Å². The summed E-state index contributed by atoms with van der Waals surface area (Å²) in [6.07, 6.45) is -4.56. The lowest BCUT2D eigenvalue weighted by Gasteiger charge is -2.12. The van der Waals surface area contributed by atoms with Gasteiger partial charge in [-0.25, -0.2) is 4.79 Å². The van der Waals surface area contributed by atoms with Gasteiger partial charge in [0, 0.05) is 12.2 Å². The van der Waals surface area contributed by atoms with E-state index < -0.39 is 22.8 Å². The standard InChI is InChI=1S/C16H11ClF3N3O/c17-14-6-3-11(7-13(14)16(18,19)20)9-22-15(24)23-12-4-1-10(8-21)2-5-12/h1-7H,9H2,(H2,22,23,24). The summed E-state index contributed by atoms with van der Waals surface area (Å²) in [5, 5.41) is 13.2. The largest absolute Gasteiger partial charge is 0.417 e. The number of nitrogens with zero attached hydrogens (tertiary/aromatic N) is 1. The van der Waals surface area contributed by atoms with Crippen molar-refractivity contribution in [2.45, 2.75) is 12.7 Å². The first-order valence-electron chi connectivity index (χ1n) is 6.70. The van der Waals surface area contributed by atoms with E-state index in [2.05, 4.69) is 10.6 Å². The molecule has 0 spiro atoms. The van der Waals surface area contributed by atoms with Crippen molar-refractivity contribution in [1.29, 1.82) is 5.26 Å². The monoisotopic (exact) mass is 353 g/mol. The summed E-state index contributed by atoms with van der Waals surface area (Å²) in [6, 6.07) is 11.0. The van der Waals surface area contributed by atoms with Crippen molar-refractivity contribution < 1.29 is 18.0 Å². The second-order valence-electron chi connectivity index (χ2n) is 4.81. The molecule has 0 aliphatic carbocycles. The number of nitriles is 1. The van der Waals surface area contributed by atoms with E-state index in [1.165, 1.54) is 18.2 Å². The van der Waals surface area contributed by atoms with Crippen LogP contribution in [0.5, 0.6) is 0 Å². The molecule has 2 amide bonds. The number of benzene rings is 2. The number of rotatable bonds is 3. The van der Waals surface area contributed by atoms with Crippen LogP contribution in [0.2, 0.25) is 5.02 Å².